The van der Waals surface area contributed by atoms with Crippen LogP contribution in [0, 0.1) is 5.92 Å². The third kappa shape index (κ3) is 3.33. The van der Waals surface area contributed by atoms with E-state index in [9.17, 15) is 9.59 Å². The molecule has 0 bridgehead atoms. The molecule has 0 unspecified atom stereocenters. The van der Waals surface area contributed by atoms with Crippen LogP contribution in [-0.2, 0) is 9.59 Å². The van der Waals surface area contributed by atoms with Gasteiger partial charge in [-0.1, -0.05) is 0 Å². The smallest absolute Gasteiger partial charge is 0.303 e. The monoisotopic (exact) mass is 265 g/mol. The van der Waals surface area contributed by atoms with Crippen LogP contribution in [0.1, 0.15) is 32.2 Å². The van der Waals surface area contributed by atoms with Crippen molar-refractivity contribution in [3.63, 3.8) is 0 Å². The highest BCUT2D eigenvalue weighted by molar-refractivity contribution is 5.80. The SMILES string of the molecule is C[C@@H](C(=O)N1CCC(CC(=O)O)CC1)n1ccnc1. The molecule has 1 aromatic rings. The van der Waals surface area contributed by atoms with E-state index in [4.69, 9.17) is 5.11 Å². The van der Waals surface area contributed by atoms with Crippen molar-refractivity contribution in [1.29, 1.82) is 0 Å². The van der Waals surface area contributed by atoms with E-state index in [1.165, 1.54) is 0 Å². The Balaban J connectivity index is 1.87. The van der Waals surface area contributed by atoms with E-state index >= 15 is 0 Å². The second-order valence-corrected chi connectivity index (χ2v) is 5.05. The van der Waals surface area contributed by atoms with Gasteiger partial charge in [-0.05, 0) is 25.7 Å². The zero-order valence-electron chi connectivity index (χ0n) is 11.0. The molecule has 1 aromatic heterocycles. The van der Waals surface area contributed by atoms with Crippen molar-refractivity contribution >= 4 is 11.9 Å². The van der Waals surface area contributed by atoms with Crippen molar-refractivity contribution in [2.24, 2.45) is 5.92 Å². The molecule has 19 heavy (non-hydrogen) atoms. The number of carboxylic acid groups (broad SMARTS) is 1. The van der Waals surface area contributed by atoms with Crippen molar-refractivity contribution in [3.05, 3.63) is 18.7 Å². The number of imidazole rings is 1. The highest BCUT2D eigenvalue weighted by atomic mass is 16.4. The summed E-state index contributed by atoms with van der Waals surface area (Å²) in [7, 11) is 0. The molecule has 6 heteroatoms. The molecule has 2 rings (SSSR count). The second kappa shape index (κ2) is 5.86. The fraction of sp³-hybridized carbons (Fsp3) is 0.615. The zero-order chi connectivity index (χ0) is 13.8. The number of likely N-dealkylation sites (tertiary alicyclic amines) is 1. The maximum Gasteiger partial charge on any atom is 0.303 e. The average molecular weight is 265 g/mol. The van der Waals surface area contributed by atoms with Gasteiger partial charge in [0.1, 0.15) is 6.04 Å². The van der Waals surface area contributed by atoms with Crippen LogP contribution >= 0.6 is 0 Å². The van der Waals surface area contributed by atoms with Gasteiger partial charge in [-0.25, -0.2) is 4.98 Å². The van der Waals surface area contributed by atoms with E-state index in [2.05, 4.69) is 4.98 Å². The summed E-state index contributed by atoms with van der Waals surface area (Å²) in [5.74, 6) is -0.478. The number of carbonyl (C=O) groups excluding carboxylic acids is 1. The summed E-state index contributed by atoms with van der Waals surface area (Å²) in [5.41, 5.74) is 0. The molecule has 0 aromatic carbocycles. The van der Waals surface area contributed by atoms with Crippen LogP contribution in [0.15, 0.2) is 18.7 Å². The van der Waals surface area contributed by atoms with Gasteiger partial charge in [0.25, 0.3) is 0 Å². The molecule has 0 saturated carbocycles. The Labute approximate surface area is 112 Å². The summed E-state index contributed by atoms with van der Waals surface area (Å²) < 4.78 is 1.78. The maximum atomic E-state index is 12.3. The van der Waals surface area contributed by atoms with Crippen molar-refractivity contribution < 1.29 is 14.7 Å². The highest BCUT2D eigenvalue weighted by Gasteiger charge is 2.27. The fourth-order valence-corrected chi connectivity index (χ4v) is 2.49. The number of nitrogens with zero attached hydrogens (tertiary/aromatic N) is 3. The van der Waals surface area contributed by atoms with E-state index < -0.39 is 5.97 Å². The number of hydrogen-bond donors (Lipinski definition) is 1. The Morgan fingerprint density at radius 2 is 2.11 bits per heavy atom. The minimum atomic E-state index is -0.753. The van der Waals surface area contributed by atoms with E-state index in [1.807, 2.05) is 11.8 Å². The van der Waals surface area contributed by atoms with E-state index in [-0.39, 0.29) is 24.3 Å². The van der Waals surface area contributed by atoms with Crippen LogP contribution in [0.3, 0.4) is 0 Å². The molecule has 0 aliphatic carbocycles. The first-order valence-electron chi connectivity index (χ1n) is 6.56. The van der Waals surface area contributed by atoms with Crippen molar-refractivity contribution in [2.75, 3.05) is 13.1 Å². The van der Waals surface area contributed by atoms with Crippen molar-refractivity contribution in [1.82, 2.24) is 14.5 Å². The Bertz CT molecular complexity index is 436. The zero-order valence-corrected chi connectivity index (χ0v) is 11.0. The van der Waals surface area contributed by atoms with Crippen LogP contribution in [0.4, 0.5) is 0 Å². The quantitative estimate of drug-likeness (QED) is 0.886. The molecule has 1 aliphatic rings. The third-order valence-electron chi connectivity index (χ3n) is 3.72. The largest absolute Gasteiger partial charge is 0.481 e. The number of hydrogen-bond acceptors (Lipinski definition) is 3. The lowest BCUT2D eigenvalue weighted by molar-refractivity contribution is -0.139. The van der Waals surface area contributed by atoms with Crippen LogP contribution in [0.2, 0.25) is 0 Å². The fourth-order valence-electron chi connectivity index (χ4n) is 2.49. The van der Waals surface area contributed by atoms with E-state index in [1.54, 1.807) is 23.3 Å². The Morgan fingerprint density at radius 1 is 1.42 bits per heavy atom. The van der Waals surface area contributed by atoms with Gasteiger partial charge in [-0.15, -0.1) is 0 Å². The van der Waals surface area contributed by atoms with Gasteiger partial charge in [0.05, 0.1) is 6.33 Å². The average Bonchev–Trinajstić information content (AvgIpc) is 2.91. The van der Waals surface area contributed by atoms with Gasteiger partial charge in [0, 0.05) is 31.9 Å². The maximum absolute atomic E-state index is 12.3. The molecule has 0 spiro atoms. The van der Waals surface area contributed by atoms with Crippen LogP contribution in [0.25, 0.3) is 0 Å². The summed E-state index contributed by atoms with van der Waals surface area (Å²) in [6.07, 6.45) is 6.82. The molecule has 6 nitrogen and oxygen atoms in total. The van der Waals surface area contributed by atoms with Gasteiger partial charge in [-0.2, -0.15) is 0 Å². The van der Waals surface area contributed by atoms with Crippen LogP contribution in [-0.4, -0.2) is 44.5 Å². The number of aliphatic carboxylic acids is 1. The van der Waals surface area contributed by atoms with Crippen LogP contribution < -0.4 is 0 Å². The third-order valence-corrected chi connectivity index (χ3v) is 3.72. The number of amides is 1. The Morgan fingerprint density at radius 3 is 2.63 bits per heavy atom. The lowest BCUT2D eigenvalue weighted by Crippen LogP contribution is -2.41. The first kappa shape index (κ1) is 13.6. The predicted octanol–water partition coefficient (Wildman–Crippen LogP) is 1.16. The van der Waals surface area contributed by atoms with Gasteiger partial charge in [0.15, 0.2) is 0 Å². The Kier molecular flexibility index (Phi) is 4.19. The lowest BCUT2D eigenvalue weighted by Gasteiger charge is -2.33. The van der Waals surface area contributed by atoms with E-state index in [0.717, 1.165) is 12.8 Å². The van der Waals surface area contributed by atoms with Gasteiger partial charge in [0.2, 0.25) is 5.91 Å². The minimum absolute atomic E-state index is 0.0757. The molecular formula is C13H19N3O3. The molecule has 1 N–H and O–H groups in total. The first-order chi connectivity index (χ1) is 9.08. The summed E-state index contributed by atoms with van der Waals surface area (Å²) in [6.45, 7) is 3.15. The standard InChI is InChI=1S/C13H19N3O3/c1-10(16-7-4-14-9-16)13(19)15-5-2-11(3-6-15)8-12(17)18/h4,7,9-11H,2-3,5-6,8H2,1H3,(H,17,18)/t10-/m0/s1. The molecular weight excluding hydrogens is 246 g/mol. The van der Waals surface area contributed by atoms with Crippen LogP contribution in [0.5, 0.6) is 0 Å². The number of piperidine rings is 1. The molecule has 1 saturated heterocycles. The number of aromatic nitrogens is 2. The molecule has 1 atom stereocenters. The number of carboxylic acids is 1. The predicted molar refractivity (Wildman–Crippen MR) is 68.5 cm³/mol. The molecule has 2 heterocycles. The summed E-state index contributed by atoms with van der Waals surface area (Å²) in [4.78, 5) is 28.7. The first-order valence-corrected chi connectivity index (χ1v) is 6.56. The van der Waals surface area contributed by atoms with Crippen molar-refractivity contribution in [3.8, 4) is 0 Å². The topological polar surface area (TPSA) is 75.4 Å². The molecule has 1 amide bonds. The molecule has 0 radical (unpaired) electrons. The molecule has 1 aliphatic heterocycles. The Hall–Kier alpha value is -1.85. The lowest BCUT2D eigenvalue weighted by atomic mass is 9.93. The second-order valence-electron chi connectivity index (χ2n) is 5.05. The normalized spacial score (nSPS) is 18.3. The molecule has 1 fully saturated rings. The summed E-state index contributed by atoms with van der Waals surface area (Å²) in [5, 5.41) is 8.76. The van der Waals surface area contributed by atoms with Gasteiger partial charge >= 0.3 is 5.97 Å². The highest BCUT2D eigenvalue weighted by Crippen LogP contribution is 2.22. The number of rotatable bonds is 4. The van der Waals surface area contributed by atoms with Gasteiger partial charge < -0.3 is 14.6 Å². The molecule has 104 valence electrons. The summed E-state index contributed by atoms with van der Waals surface area (Å²) in [6, 6.07) is -0.251. The van der Waals surface area contributed by atoms with Gasteiger partial charge in [-0.3, -0.25) is 9.59 Å². The number of carbonyl (C=O) groups is 2. The summed E-state index contributed by atoms with van der Waals surface area (Å²) >= 11 is 0. The minimum Gasteiger partial charge on any atom is -0.481 e. The van der Waals surface area contributed by atoms with Crippen molar-refractivity contribution in [2.45, 2.75) is 32.2 Å². The van der Waals surface area contributed by atoms with E-state index in [0.29, 0.717) is 13.1 Å².